The lowest BCUT2D eigenvalue weighted by atomic mass is 10.1. The van der Waals surface area contributed by atoms with Crippen molar-refractivity contribution in [3.05, 3.63) is 77.1 Å². The predicted octanol–water partition coefficient (Wildman–Crippen LogP) is 3.62. The second-order valence-corrected chi connectivity index (χ2v) is 8.22. The molecule has 0 aliphatic carbocycles. The molecule has 0 unspecified atom stereocenters. The van der Waals surface area contributed by atoms with Crippen LogP contribution in [0, 0.1) is 0 Å². The minimum absolute atomic E-state index is 0.0550. The van der Waals surface area contributed by atoms with Crippen molar-refractivity contribution in [1.82, 2.24) is 25.4 Å². The quantitative estimate of drug-likeness (QED) is 0.558. The first kappa shape index (κ1) is 19.7. The SMILES string of the molecule is O=C(NCc1ccc(CN2CCCC2)cc1)c1ccc(CSc2ncn[nH]2)cc1. The zero-order valence-electron chi connectivity index (χ0n) is 16.3. The normalized spacial score (nSPS) is 14.2. The maximum absolute atomic E-state index is 12.4. The van der Waals surface area contributed by atoms with Gasteiger partial charge in [-0.1, -0.05) is 48.2 Å². The van der Waals surface area contributed by atoms with E-state index < -0.39 is 0 Å². The maximum Gasteiger partial charge on any atom is 0.251 e. The molecule has 1 fully saturated rings. The third-order valence-electron chi connectivity index (χ3n) is 5.07. The highest BCUT2D eigenvalue weighted by molar-refractivity contribution is 7.98. The summed E-state index contributed by atoms with van der Waals surface area (Å²) in [6.07, 6.45) is 4.12. The highest BCUT2D eigenvalue weighted by Gasteiger charge is 2.11. The lowest BCUT2D eigenvalue weighted by Gasteiger charge is -2.14. The summed E-state index contributed by atoms with van der Waals surface area (Å²) >= 11 is 1.58. The van der Waals surface area contributed by atoms with E-state index in [-0.39, 0.29) is 5.91 Å². The average molecular weight is 408 g/mol. The summed E-state index contributed by atoms with van der Waals surface area (Å²) in [5.74, 6) is 0.724. The van der Waals surface area contributed by atoms with Crippen molar-refractivity contribution in [2.24, 2.45) is 0 Å². The number of benzene rings is 2. The molecule has 1 aliphatic rings. The zero-order valence-corrected chi connectivity index (χ0v) is 17.1. The molecule has 6 nitrogen and oxygen atoms in total. The molecule has 7 heteroatoms. The maximum atomic E-state index is 12.4. The number of nitrogens with zero attached hydrogens (tertiary/aromatic N) is 3. The Labute approximate surface area is 175 Å². The molecule has 0 bridgehead atoms. The minimum atomic E-state index is -0.0550. The van der Waals surface area contributed by atoms with Crippen molar-refractivity contribution in [3.63, 3.8) is 0 Å². The monoisotopic (exact) mass is 407 g/mol. The molecule has 150 valence electrons. The Balaban J connectivity index is 1.24. The van der Waals surface area contributed by atoms with Crippen LogP contribution < -0.4 is 5.32 Å². The Morgan fingerprint density at radius 2 is 1.69 bits per heavy atom. The molecule has 2 heterocycles. The van der Waals surface area contributed by atoms with E-state index in [9.17, 15) is 4.79 Å². The number of rotatable bonds is 8. The Kier molecular flexibility index (Phi) is 6.59. The Morgan fingerprint density at radius 1 is 1.00 bits per heavy atom. The number of hydrogen-bond acceptors (Lipinski definition) is 5. The van der Waals surface area contributed by atoms with Crippen LogP contribution in [0.5, 0.6) is 0 Å². The molecule has 1 aliphatic heterocycles. The van der Waals surface area contributed by atoms with Crippen LogP contribution >= 0.6 is 11.8 Å². The van der Waals surface area contributed by atoms with E-state index in [4.69, 9.17) is 0 Å². The molecule has 1 amide bonds. The number of H-pyrrole nitrogens is 1. The van der Waals surface area contributed by atoms with Crippen LogP contribution in [0.1, 0.15) is 39.9 Å². The highest BCUT2D eigenvalue weighted by atomic mass is 32.2. The minimum Gasteiger partial charge on any atom is -0.348 e. The van der Waals surface area contributed by atoms with Crippen LogP contribution in [0.4, 0.5) is 0 Å². The van der Waals surface area contributed by atoms with Crippen molar-refractivity contribution in [2.45, 2.75) is 36.8 Å². The summed E-state index contributed by atoms with van der Waals surface area (Å²) in [7, 11) is 0. The fourth-order valence-corrected chi connectivity index (χ4v) is 4.15. The van der Waals surface area contributed by atoms with E-state index in [1.807, 2.05) is 24.3 Å². The van der Waals surface area contributed by atoms with Gasteiger partial charge < -0.3 is 5.32 Å². The van der Waals surface area contributed by atoms with Crippen molar-refractivity contribution < 1.29 is 4.79 Å². The zero-order chi connectivity index (χ0) is 19.9. The van der Waals surface area contributed by atoms with Crippen LogP contribution in [0.25, 0.3) is 0 Å². The fourth-order valence-electron chi connectivity index (χ4n) is 3.41. The first-order valence-corrected chi connectivity index (χ1v) is 10.9. The third kappa shape index (κ3) is 5.68. The van der Waals surface area contributed by atoms with Crippen LogP contribution in [0.3, 0.4) is 0 Å². The number of carbonyl (C=O) groups is 1. The van der Waals surface area contributed by atoms with E-state index in [1.54, 1.807) is 11.8 Å². The lowest BCUT2D eigenvalue weighted by Crippen LogP contribution is -2.22. The van der Waals surface area contributed by atoms with Gasteiger partial charge in [-0.25, -0.2) is 4.98 Å². The van der Waals surface area contributed by atoms with Gasteiger partial charge in [0.2, 0.25) is 0 Å². The molecule has 2 N–H and O–H groups in total. The van der Waals surface area contributed by atoms with Gasteiger partial charge in [0.25, 0.3) is 5.91 Å². The van der Waals surface area contributed by atoms with E-state index in [0.717, 1.165) is 28.6 Å². The summed E-state index contributed by atoms with van der Waals surface area (Å²) in [6.45, 7) is 3.96. The van der Waals surface area contributed by atoms with Crippen molar-refractivity contribution in [2.75, 3.05) is 13.1 Å². The van der Waals surface area contributed by atoms with E-state index in [0.29, 0.717) is 12.1 Å². The molecular weight excluding hydrogens is 382 g/mol. The van der Waals surface area contributed by atoms with Gasteiger partial charge in [0.05, 0.1) is 0 Å². The second-order valence-electron chi connectivity index (χ2n) is 7.26. The lowest BCUT2D eigenvalue weighted by molar-refractivity contribution is 0.0951. The van der Waals surface area contributed by atoms with E-state index in [2.05, 4.69) is 49.7 Å². The second kappa shape index (κ2) is 9.71. The molecule has 1 saturated heterocycles. The third-order valence-corrected chi connectivity index (χ3v) is 6.01. The predicted molar refractivity (Wildman–Crippen MR) is 115 cm³/mol. The molecule has 3 aromatic rings. The number of amides is 1. The summed E-state index contributed by atoms with van der Waals surface area (Å²) in [4.78, 5) is 19.0. The molecule has 0 atom stereocenters. The number of carbonyl (C=O) groups excluding carboxylic acids is 1. The topological polar surface area (TPSA) is 73.9 Å². The van der Waals surface area contributed by atoms with Crippen molar-refractivity contribution in [3.8, 4) is 0 Å². The van der Waals surface area contributed by atoms with Crippen LogP contribution in [-0.4, -0.2) is 39.1 Å². The van der Waals surface area contributed by atoms with Gasteiger partial charge in [-0.15, -0.1) is 0 Å². The number of aromatic nitrogens is 3. The van der Waals surface area contributed by atoms with Gasteiger partial charge in [0.15, 0.2) is 5.16 Å². The van der Waals surface area contributed by atoms with Gasteiger partial charge in [0.1, 0.15) is 6.33 Å². The first-order valence-electron chi connectivity index (χ1n) is 9.92. The Bertz CT molecular complexity index is 903. The fraction of sp³-hybridized carbons (Fsp3) is 0.318. The first-order chi connectivity index (χ1) is 14.3. The molecule has 2 aromatic carbocycles. The largest absolute Gasteiger partial charge is 0.348 e. The number of likely N-dealkylation sites (tertiary alicyclic amines) is 1. The van der Waals surface area contributed by atoms with Gasteiger partial charge in [-0.05, 0) is 54.8 Å². The van der Waals surface area contributed by atoms with Crippen LogP contribution in [0.2, 0.25) is 0 Å². The summed E-state index contributed by atoms with van der Waals surface area (Å²) in [5.41, 5.74) is 4.25. The molecule has 0 radical (unpaired) electrons. The smallest absolute Gasteiger partial charge is 0.251 e. The Morgan fingerprint density at radius 3 is 2.38 bits per heavy atom. The van der Waals surface area contributed by atoms with Gasteiger partial charge in [-0.2, -0.15) is 5.10 Å². The van der Waals surface area contributed by atoms with Gasteiger partial charge in [-0.3, -0.25) is 14.8 Å². The van der Waals surface area contributed by atoms with Crippen molar-refractivity contribution >= 4 is 17.7 Å². The Hall–Kier alpha value is -2.64. The number of hydrogen-bond donors (Lipinski definition) is 2. The molecule has 0 saturated carbocycles. The molecule has 1 aromatic heterocycles. The molecule has 4 rings (SSSR count). The number of aromatic amines is 1. The molecular formula is C22H25N5OS. The van der Waals surface area contributed by atoms with Gasteiger partial charge >= 0.3 is 0 Å². The van der Waals surface area contributed by atoms with E-state index in [1.165, 1.54) is 37.8 Å². The van der Waals surface area contributed by atoms with Crippen LogP contribution in [-0.2, 0) is 18.8 Å². The van der Waals surface area contributed by atoms with Gasteiger partial charge in [0, 0.05) is 24.4 Å². The molecule has 29 heavy (non-hydrogen) atoms. The summed E-state index contributed by atoms with van der Waals surface area (Å²) < 4.78 is 0. The van der Waals surface area contributed by atoms with Crippen LogP contribution in [0.15, 0.2) is 60.0 Å². The standard InChI is InChI=1S/C22H25N5OS/c28-21(20-9-7-19(8-10-20)15-29-22-24-16-25-26-22)23-13-17-3-5-18(6-4-17)14-27-11-1-2-12-27/h3-10,16H,1-2,11-15H2,(H,23,28)(H,24,25,26). The number of thioether (sulfide) groups is 1. The number of nitrogens with one attached hydrogen (secondary N) is 2. The highest BCUT2D eigenvalue weighted by Crippen LogP contribution is 2.18. The van der Waals surface area contributed by atoms with E-state index >= 15 is 0 Å². The van der Waals surface area contributed by atoms with Crippen molar-refractivity contribution in [1.29, 1.82) is 0 Å². The summed E-state index contributed by atoms with van der Waals surface area (Å²) in [5, 5.41) is 10.5. The average Bonchev–Trinajstić information content (AvgIpc) is 3.46. The summed E-state index contributed by atoms with van der Waals surface area (Å²) in [6, 6.07) is 16.2. The molecule has 0 spiro atoms.